The number of nitrogens with one attached hydrogen (secondary N) is 1. The van der Waals surface area contributed by atoms with E-state index >= 15 is 0 Å². The molecule has 0 aromatic heterocycles. The van der Waals surface area contributed by atoms with E-state index in [0.29, 0.717) is 23.6 Å². The van der Waals surface area contributed by atoms with Gasteiger partial charge in [-0.15, -0.1) is 24.0 Å². The molecule has 5 nitrogen and oxygen atoms in total. The molecule has 1 N–H and O–H groups in total. The van der Waals surface area contributed by atoms with Gasteiger partial charge in [0.15, 0.2) is 5.96 Å². The normalized spacial score (nSPS) is 15.2. The zero-order chi connectivity index (χ0) is 17.4. The molecule has 0 spiro atoms. The van der Waals surface area contributed by atoms with Gasteiger partial charge in [-0.2, -0.15) is 5.26 Å². The lowest BCUT2D eigenvalue weighted by Gasteiger charge is -2.27. The van der Waals surface area contributed by atoms with Crippen molar-refractivity contribution in [1.29, 1.82) is 5.26 Å². The van der Waals surface area contributed by atoms with Crippen LogP contribution in [0.15, 0.2) is 23.2 Å². The van der Waals surface area contributed by atoms with E-state index in [1.807, 2.05) is 13.1 Å². The summed E-state index contributed by atoms with van der Waals surface area (Å²) in [6.45, 7) is 2.91. The van der Waals surface area contributed by atoms with Gasteiger partial charge in [0.2, 0.25) is 0 Å². The van der Waals surface area contributed by atoms with Crippen molar-refractivity contribution in [3.05, 3.63) is 35.1 Å². The quantitative estimate of drug-likeness (QED) is 0.417. The Morgan fingerprint density at radius 2 is 2.16 bits per heavy atom. The molecule has 2 rings (SSSR count). The first-order valence-electron chi connectivity index (χ1n) is 8.32. The molecule has 25 heavy (non-hydrogen) atoms. The summed E-state index contributed by atoms with van der Waals surface area (Å²) in [6, 6.07) is 6.40. The van der Waals surface area contributed by atoms with Crippen LogP contribution in [0.4, 0.5) is 4.39 Å². The SMILES string of the molecule is CN=C(NCc1cc(C#N)ccc1F)N(C)CCC1CCOCC1.I. The fourth-order valence-electron chi connectivity index (χ4n) is 2.86. The molecule has 7 heteroatoms. The van der Waals surface area contributed by atoms with Crippen molar-refractivity contribution in [1.82, 2.24) is 10.2 Å². The number of hydrogen-bond acceptors (Lipinski definition) is 3. The average Bonchev–Trinajstić information content (AvgIpc) is 2.62. The van der Waals surface area contributed by atoms with Crippen LogP contribution >= 0.6 is 24.0 Å². The zero-order valence-corrected chi connectivity index (χ0v) is 17.1. The Morgan fingerprint density at radius 3 is 2.80 bits per heavy atom. The van der Waals surface area contributed by atoms with Gasteiger partial charge in [-0.25, -0.2) is 4.39 Å². The molecule has 1 aromatic carbocycles. The average molecular weight is 460 g/mol. The number of halogens is 2. The molecular weight excluding hydrogens is 434 g/mol. The fourth-order valence-corrected chi connectivity index (χ4v) is 2.86. The third-order valence-electron chi connectivity index (χ3n) is 4.40. The molecule has 1 fully saturated rings. The Balaban J connectivity index is 0.00000312. The predicted molar refractivity (Wildman–Crippen MR) is 108 cm³/mol. The van der Waals surface area contributed by atoms with Crippen molar-refractivity contribution in [2.24, 2.45) is 10.9 Å². The molecule has 1 aliphatic rings. The minimum Gasteiger partial charge on any atom is -0.381 e. The molecule has 0 unspecified atom stereocenters. The highest BCUT2D eigenvalue weighted by Gasteiger charge is 2.15. The summed E-state index contributed by atoms with van der Waals surface area (Å²) in [6.07, 6.45) is 3.33. The first kappa shape index (κ1) is 21.6. The maximum absolute atomic E-state index is 13.8. The molecule has 0 bridgehead atoms. The minimum atomic E-state index is -0.318. The van der Waals surface area contributed by atoms with Crippen LogP contribution in [0.2, 0.25) is 0 Å². The summed E-state index contributed by atoms with van der Waals surface area (Å²) in [5.41, 5.74) is 0.920. The van der Waals surface area contributed by atoms with Crippen LogP contribution in [0.1, 0.15) is 30.4 Å². The van der Waals surface area contributed by atoms with E-state index in [1.54, 1.807) is 13.1 Å². The zero-order valence-electron chi connectivity index (χ0n) is 14.8. The second-order valence-electron chi connectivity index (χ2n) is 6.08. The lowest BCUT2D eigenvalue weighted by Crippen LogP contribution is -2.39. The van der Waals surface area contributed by atoms with Gasteiger partial charge in [0.1, 0.15) is 5.82 Å². The monoisotopic (exact) mass is 460 g/mol. The largest absolute Gasteiger partial charge is 0.381 e. The second-order valence-corrected chi connectivity index (χ2v) is 6.08. The van der Waals surface area contributed by atoms with Crippen LogP contribution in [0.3, 0.4) is 0 Å². The number of aliphatic imine (C=N–C) groups is 1. The van der Waals surface area contributed by atoms with E-state index < -0.39 is 0 Å². The lowest BCUT2D eigenvalue weighted by molar-refractivity contribution is 0.0625. The molecule has 1 saturated heterocycles. The summed E-state index contributed by atoms with van der Waals surface area (Å²) in [5.74, 6) is 1.11. The molecule has 1 heterocycles. The maximum atomic E-state index is 13.8. The van der Waals surface area contributed by atoms with Crippen molar-refractivity contribution in [3.63, 3.8) is 0 Å². The van der Waals surface area contributed by atoms with Crippen LogP contribution in [0.5, 0.6) is 0 Å². The highest BCUT2D eigenvalue weighted by atomic mass is 127. The first-order chi connectivity index (χ1) is 11.6. The van der Waals surface area contributed by atoms with E-state index in [1.165, 1.54) is 12.1 Å². The molecule has 0 radical (unpaired) electrons. The standard InChI is InChI=1S/C18H25FN4O.HI/c1-21-18(23(2)8-5-14-6-9-24-10-7-14)22-13-16-11-15(12-20)3-4-17(16)19;/h3-4,11,14H,5-10,13H2,1-2H3,(H,21,22);1H. The number of benzene rings is 1. The number of guanidine groups is 1. The van der Waals surface area contributed by atoms with Crippen LogP contribution < -0.4 is 5.32 Å². The minimum absolute atomic E-state index is 0. The van der Waals surface area contributed by atoms with Gasteiger partial charge >= 0.3 is 0 Å². The van der Waals surface area contributed by atoms with E-state index in [-0.39, 0.29) is 29.8 Å². The molecule has 0 saturated carbocycles. The Hall–Kier alpha value is -1.40. The Bertz CT molecular complexity index is 612. The van der Waals surface area contributed by atoms with E-state index in [4.69, 9.17) is 10.00 Å². The third kappa shape index (κ3) is 6.78. The summed E-state index contributed by atoms with van der Waals surface area (Å²) < 4.78 is 19.2. The Kier molecular flexibility index (Phi) is 9.75. The van der Waals surface area contributed by atoms with E-state index in [0.717, 1.165) is 45.0 Å². The maximum Gasteiger partial charge on any atom is 0.193 e. The van der Waals surface area contributed by atoms with Crippen molar-refractivity contribution in [2.45, 2.75) is 25.8 Å². The van der Waals surface area contributed by atoms with Crippen molar-refractivity contribution < 1.29 is 9.13 Å². The molecule has 0 amide bonds. The van der Waals surface area contributed by atoms with Crippen LogP contribution in [0, 0.1) is 23.1 Å². The Morgan fingerprint density at radius 1 is 1.44 bits per heavy atom. The molecule has 1 aliphatic heterocycles. The highest BCUT2D eigenvalue weighted by molar-refractivity contribution is 14.0. The third-order valence-corrected chi connectivity index (χ3v) is 4.40. The smallest absolute Gasteiger partial charge is 0.193 e. The fraction of sp³-hybridized carbons (Fsp3) is 0.556. The van der Waals surface area contributed by atoms with Crippen LogP contribution in [0.25, 0.3) is 0 Å². The number of ether oxygens (including phenoxy) is 1. The van der Waals surface area contributed by atoms with Gasteiger partial charge in [-0.1, -0.05) is 0 Å². The van der Waals surface area contributed by atoms with E-state index in [2.05, 4.69) is 15.2 Å². The second kappa shape index (κ2) is 11.3. The van der Waals surface area contributed by atoms with Crippen molar-refractivity contribution in [3.8, 4) is 6.07 Å². The van der Waals surface area contributed by atoms with Crippen LogP contribution in [-0.4, -0.2) is 44.7 Å². The van der Waals surface area contributed by atoms with E-state index in [9.17, 15) is 4.39 Å². The van der Waals surface area contributed by atoms with Gasteiger partial charge in [-0.05, 0) is 43.4 Å². The molecule has 138 valence electrons. The van der Waals surface area contributed by atoms with Gasteiger partial charge in [0, 0.05) is 46.0 Å². The summed E-state index contributed by atoms with van der Waals surface area (Å²) in [7, 11) is 3.70. The van der Waals surface area contributed by atoms with Gasteiger partial charge in [0.05, 0.1) is 11.6 Å². The van der Waals surface area contributed by atoms with Gasteiger partial charge in [0.25, 0.3) is 0 Å². The number of hydrogen-bond donors (Lipinski definition) is 1. The number of rotatable bonds is 5. The topological polar surface area (TPSA) is 60.7 Å². The molecule has 1 aromatic rings. The molecule has 0 atom stereocenters. The first-order valence-corrected chi connectivity index (χ1v) is 8.32. The molecular formula is C18H26FIN4O. The van der Waals surface area contributed by atoms with Crippen LogP contribution in [-0.2, 0) is 11.3 Å². The summed E-state index contributed by atoms with van der Waals surface area (Å²) in [5, 5.41) is 12.1. The Labute approximate surface area is 166 Å². The number of nitrogens with zero attached hydrogens (tertiary/aromatic N) is 3. The lowest BCUT2D eigenvalue weighted by atomic mass is 9.96. The summed E-state index contributed by atoms with van der Waals surface area (Å²) in [4.78, 5) is 6.32. The van der Waals surface area contributed by atoms with Crippen molar-refractivity contribution >= 4 is 29.9 Å². The van der Waals surface area contributed by atoms with Gasteiger partial charge in [-0.3, -0.25) is 4.99 Å². The number of nitriles is 1. The molecule has 0 aliphatic carbocycles. The van der Waals surface area contributed by atoms with Gasteiger partial charge < -0.3 is 15.0 Å². The summed E-state index contributed by atoms with van der Waals surface area (Å²) >= 11 is 0. The predicted octanol–water partition coefficient (Wildman–Crippen LogP) is 3.14. The van der Waals surface area contributed by atoms with Crippen molar-refractivity contribution in [2.75, 3.05) is 33.9 Å². The highest BCUT2D eigenvalue weighted by Crippen LogP contribution is 2.18.